The molecular weight excluding hydrogens is 240 g/mol. The van der Waals surface area contributed by atoms with Crippen molar-refractivity contribution in [3.8, 4) is 11.6 Å². The van der Waals surface area contributed by atoms with Gasteiger partial charge < -0.3 is 4.42 Å². The summed E-state index contributed by atoms with van der Waals surface area (Å²) in [5.41, 5.74) is 2.69. The fourth-order valence-electron chi connectivity index (χ4n) is 1.90. The van der Waals surface area contributed by atoms with E-state index in [0.717, 1.165) is 0 Å². The molecule has 0 atom stereocenters. The van der Waals surface area contributed by atoms with E-state index in [9.17, 15) is 4.79 Å². The molecule has 94 valence electrons. The zero-order valence-corrected chi connectivity index (χ0v) is 10.5. The van der Waals surface area contributed by atoms with Gasteiger partial charge in [-0.15, -0.1) is 0 Å². The summed E-state index contributed by atoms with van der Waals surface area (Å²) in [6.07, 6.45) is 2.17. The molecule has 19 heavy (non-hydrogen) atoms. The van der Waals surface area contributed by atoms with E-state index >= 15 is 0 Å². The fraction of sp³-hybridized carbons (Fsp3) is 0.133. The van der Waals surface area contributed by atoms with Crippen molar-refractivity contribution in [2.24, 2.45) is 0 Å². The molecule has 2 heterocycles. The number of nitrogens with zero attached hydrogens (tertiary/aromatic N) is 2. The van der Waals surface area contributed by atoms with E-state index in [2.05, 4.69) is 9.97 Å². The Labute approximate surface area is 110 Å². The summed E-state index contributed by atoms with van der Waals surface area (Å²) in [7, 11) is 0. The molecule has 2 aromatic heterocycles. The van der Waals surface area contributed by atoms with Crippen LogP contribution in [0.25, 0.3) is 22.7 Å². The fourth-order valence-corrected chi connectivity index (χ4v) is 1.90. The van der Waals surface area contributed by atoms with Crippen LogP contribution in [0.3, 0.4) is 0 Å². The van der Waals surface area contributed by atoms with Gasteiger partial charge in [-0.25, -0.2) is 4.98 Å². The minimum absolute atomic E-state index is 0.101. The van der Waals surface area contributed by atoms with E-state index in [4.69, 9.17) is 4.42 Å². The van der Waals surface area contributed by atoms with Gasteiger partial charge >= 0.3 is 0 Å². The second kappa shape index (κ2) is 4.65. The van der Waals surface area contributed by atoms with Crippen molar-refractivity contribution in [2.75, 3.05) is 0 Å². The van der Waals surface area contributed by atoms with Crippen LogP contribution in [0.1, 0.15) is 23.7 Å². The number of carbonyl (C=O) groups excluding carboxylic acids is 1. The molecule has 4 heteroatoms. The number of hydrogen-bond donors (Lipinski definition) is 0. The van der Waals surface area contributed by atoms with Gasteiger partial charge in [0.15, 0.2) is 11.4 Å². The predicted octanol–water partition coefficient (Wildman–Crippen LogP) is 3.48. The quantitative estimate of drug-likeness (QED) is 0.669. The van der Waals surface area contributed by atoms with Crippen molar-refractivity contribution in [1.82, 2.24) is 9.97 Å². The van der Waals surface area contributed by atoms with Crippen molar-refractivity contribution in [3.63, 3.8) is 0 Å². The molecule has 0 N–H and O–H groups in total. The van der Waals surface area contributed by atoms with Crippen molar-refractivity contribution >= 4 is 16.9 Å². The molecule has 1 aromatic carbocycles. The summed E-state index contributed by atoms with van der Waals surface area (Å²) >= 11 is 0. The molecule has 0 saturated heterocycles. The second-order valence-electron chi connectivity index (χ2n) is 4.19. The average Bonchev–Trinajstić information content (AvgIpc) is 2.90. The number of Topliss-reactive ketones (excluding diaryl/α,β-unsaturated/α-hetero) is 1. The Morgan fingerprint density at radius 2 is 2.16 bits per heavy atom. The van der Waals surface area contributed by atoms with Crippen LogP contribution in [0, 0.1) is 0 Å². The van der Waals surface area contributed by atoms with Crippen LogP contribution in [0.15, 0.2) is 47.0 Å². The van der Waals surface area contributed by atoms with Gasteiger partial charge in [-0.3, -0.25) is 9.78 Å². The predicted molar refractivity (Wildman–Crippen MR) is 71.9 cm³/mol. The molecule has 0 radical (unpaired) electrons. The molecule has 0 aliphatic carbocycles. The van der Waals surface area contributed by atoms with Gasteiger partial charge in [0.1, 0.15) is 11.2 Å². The van der Waals surface area contributed by atoms with Crippen LogP contribution in [0.4, 0.5) is 0 Å². The largest absolute Gasteiger partial charge is 0.435 e. The van der Waals surface area contributed by atoms with Gasteiger partial charge in [-0.1, -0.05) is 13.0 Å². The van der Waals surface area contributed by atoms with Crippen LogP contribution in [0.5, 0.6) is 0 Å². The Balaban J connectivity index is 2.09. The normalized spacial score (nSPS) is 10.8. The number of oxazole rings is 1. The summed E-state index contributed by atoms with van der Waals surface area (Å²) in [6, 6.07) is 10.9. The van der Waals surface area contributed by atoms with Crippen molar-refractivity contribution < 1.29 is 9.21 Å². The third kappa shape index (κ3) is 2.12. The highest BCUT2D eigenvalue weighted by atomic mass is 16.3. The SMILES string of the molecule is CCC(=O)c1ccc2oc(-c3ccccn3)nc2c1. The summed E-state index contributed by atoms with van der Waals surface area (Å²) < 4.78 is 5.64. The van der Waals surface area contributed by atoms with Crippen LogP contribution in [-0.2, 0) is 0 Å². The van der Waals surface area contributed by atoms with Crippen LogP contribution < -0.4 is 0 Å². The minimum atomic E-state index is 0.101. The van der Waals surface area contributed by atoms with Crippen molar-refractivity contribution in [1.29, 1.82) is 0 Å². The number of pyridine rings is 1. The number of rotatable bonds is 3. The molecule has 0 aliphatic heterocycles. The van der Waals surface area contributed by atoms with Crippen molar-refractivity contribution in [3.05, 3.63) is 48.2 Å². The molecule has 3 aromatic rings. The smallest absolute Gasteiger partial charge is 0.246 e. The lowest BCUT2D eigenvalue weighted by atomic mass is 10.1. The zero-order valence-electron chi connectivity index (χ0n) is 10.5. The van der Waals surface area contributed by atoms with Gasteiger partial charge in [-0.05, 0) is 30.3 Å². The van der Waals surface area contributed by atoms with E-state index in [1.807, 2.05) is 25.1 Å². The molecule has 4 nitrogen and oxygen atoms in total. The molecule has 0 fully saturated rings. The van der Waals surface area contributed by atoms with Crippen molar-refractivity contribution in [2.45, 2.75) is 13.3 Å². The lowest BCUT2D eigenvalue weighted by Gasteiger charge is -1.95. The van der Waals surface area contributed by atoms with Crippen LogP contribution >= 0.6 is 0 Å². The Hall–Kier alpha value is -2.49. The highest BCUT2D eigenvalue weighted by molar-refractivity contribution is 5.98. The summed E-state index contributed by atoms with van der Waals surface area (Å²) in [6.45, 7) is 1.84. The zero-order chi connectivity index (χ0) is 13.2. The molecule has 0 bridgehead atoms. The molecule has 0 amide bonds. The lowest BCUT2D eigenvalue weighted by Crippen LogP contribution is -1.95. The maximum atomic E-state index is 11.7. The Morgan fingerprint density at radius 3 is 2.89 bits per heavy atom. The van der Waals surface area contributed by atoms with Gasteiger partial charge in [0.2, 0.25) is 5.89 Å². The maximum Gasteiger partial charge on any atom is 0.246 e. The standard InChI is InChI=1S/C15H12N2O2/c1-2-13(18)10-6-7-14-12(9-10)17-15(19-14)11-5-3-4-8-16-11/h3-9H,2H2,1H3. The molecule has 0 saturated carbocycles. The summed E-state index contributed by atoms with van der Waals surface area (Å²) in [4.78, 5) is 20.2. The molecule has 0 aliphatic rings. The van der Waals surface area contributed by atoms with Crippen LogP contribution in [0.2, 0.25) is 0 Å². The van der Waals surface area contributed by atoms with Crippen LogP contribution in [-0.4, -0.2) is 15.8 Å². The first-order valence-electron chi connectivity index (χ1n) is 6.13. The maximum absolute atomic E-state index is 11.7. The van der Waals surface area contributed by atoms with E-state index in [-0.39, 0.29) is 5.78 Å². The van der Waals surface area contributed by atoms with E-state index in [1.165, 1.54) is 0 Å². The summed E-state index contributed by atoms with van der Waals surface area (Å²) in [5.74, 6) is 0.570. The summed E-state index contributed by atoms with van der Waals surface area (Å²) in [5, 5.41) is 0. The second-order valence-corrected chi connectivity index (χ2v) is 4.19. The first-order chi connectivity index (χ1) is 9.28. The van der Waals surface area contributed by atoms with E-state index < -0.39 is 0 Å². The number of benzene rings is 1. The van der Waals surface area contributed by atoms with Gasteiger partial charge in [0.05, 0.1) is 0 Å². The first kappa shape index (κ1) is 11.6. The molecule has 0 unspecified atom stereocenters. The number of hydrogen-bond acceptors (Lipinski definition) is 4. The third-order valence-electron chi connectivity index (χ3n) is 2.91. The topological polar surface area (TPSA) is 56.0 Å². The number of aromatic nitrogens is 2. The van der Waals surface area contributed by atoms with Gasteiger partial charge in [0, 0.05) is 18.2 Å². The number of ketones is 1. The van der Waals surface area contributed by atoms with E-state index in [1.54, 1.807) is 24.4 Å². The molecule has 3 rings (SSSR count). The number of carbonyl (C=O) groups is 1. The monoisotopic (exact) mass is 252 g/mol. The Morgan fingerprint density at radius 1 is 1.26 bits per heavy atom. The first-order valence-corrected chi connectivity index (χ1v) is 6.13. The minimum Gasteiger partial charge on any atom is -0.435 e. The van der Waals surface area contributed by atoms with E-state index in [0.29, 0.717) is 34.7 Å². The highest BCUT2D eigenvalue weighted by Crippen LogP contribution is 2.23. The lowest BCUT2D eigenvalue weighted by molar-refractivity contribution is 0.0988. The molecular formula is C15H12N2O2. The molecule has 0 spiro atoms. The average molecular weight is 252 g/mol. The van der Waals surface area contributed by atoms with Gasteiger partial charge in [0.25, 0.3) is 0 Å². The Bertz CT molecular complexity index is 732. The third-order valence-corrected chi connectivity index (χ3v) is 2.91. The highest BCUT2D eigenvalue weighted by Gasteiger charge is 2.11. The van der Waals surface area contributed by atoms with Gasteiger partial charge in [-0.2, -0.15) is 0 Å². The Kier molecular flexibility index (Phi) is 2.83. The number of fused-ring (bicyclic) bond motifs is 1.